The number of benzene rings is 3. The summed E-state index contributed by atoms with van der Waals surface area (Å²) in [5.41, 5.74) is 0.643. The molecule has 4 rings (SSSR count). The molecule has 0 fully saturated rings. The lowest BCUT2D eigenvalue weighted by molar-refractivity contribution is 0.432. The second kappa shape index (κ2) is 8.44. The van der Waals surface area contributed by atoms with E-state index in [0.29, 0.717) is 22.1 Å². The molecule has 0 unspecified atom stereocenters. The Labute approximate surface area is 182 Å². The molecule has 0 amide bonds. The van der Waals surface area contributed by atoms with Crippen molar-refractivity contribution in [1.29, 1.82) is 0 Å². The molecule has 0 saturated carbocycles. The summed E-state index contributed by atoms with van der Waals surface area (Å²) in [6.45, 7) is 0. The Balaban J connectivity index is 2.04. The van der Waals surface area contributed by atoms with Crippen LogP contribution in [0, 0.1) is 4.77 Å². The van der Waals surface area contributed by atoms with Crippen LogP contribution in [0.5, 0.6) is 5.88 Å². The van der Waals surface area contributed by atoms with Crippen molar-refractivity contribution in [2.45, 2.75) is 0 Å². The average molecular weight is 435 g/mol. The number of nitrogens with zero attached hydrogens (tertiary/aromatic N) is 4. The molecule has 1 heterocycles. The van der Waals surface area contributed by atoms with E-state index in [0.717, 1.165) is 0 Å². The number of halogens is 1. The first-order valence-corrected chi connectivity index (χ1v) is 9.74. The van der Waals surface area contributed by atoms with Gasteiger partial charge in [0.2, 0.25) is 11.6 Å². The molecule has 148 valence electrons. The topological polar surface area (TPSA) is 71.9 Å². The summed E-state index contributed by atoms with van der Waals surface area (Å²) in [5.74, 6) is -0.440. The van der Waals surface area contributed by atoms with Crippen molar-refractivity contribution in [3.63, 3.8) is 0 Å². The molecule has 0 spiro atoms. The number of rotatable bonds is 4. The summed E-state index contributed by atoms with van der Waals surface area (Å²) in [5, 5.41) is 19.4. The Hall–Kier alpha value is -3.55. The van der Waals surface area contributed by atoms with Gasteiger partial charge in [0, 0.05) is 0 Å². The fourth-order valence-corrected chi connectivity index (χ4v) is 3.52. The van der Waals surface area contributed by atoms with E-state index < -0.39 is 11.4 Å². The first kappa shape index (κ1) is 19.8. The van der Waals surface area contributed by atoms with Crippen molar-refractivity contribution in [1.82, 2.24) is 9.13 Å². The van der Waals surface area contributed by atoms with Crippen molar-refractivity contribution in [2.75, 3.05) is 0 Å². The van der Waals surface area contributed by atoms with E-state index in [4.69, 9.17) is 23.8 Å². The van der Waals surface area contributed by atoms with E-state index in [2.05, 4.69) is 10.2 Å². The van der Waals surface area contributed by atoms with Crippen LogP contribution in [0.1, 0.15) is 0 Å². The largest absolute Gasteiger partial charge is 0.492 e. The lowest BCUT2D eigenvalue weighted by Crippen LogP contribution is -2.23. The predicted octanol–water partition coefficient (Wildman–Crippen LogP) is 6.13. The van der Waals surface area contributed by atoms with Crippen molar-refractivity contribution in [2.24, 2.45) is 10.2 Å². The van der Waals surface area contributed by atoms with Gasteiger partial charge >= 0.3 is 0 Å². The van der Waals surface area contributed by atoms with Gasteiger partial charge in [0.15, 0.2) is 4.77 Å². The maximum absolute atomic E-state index is 13.2. The minimum Gasteiger partial charge on any atom is -0.492 e. The van der Waals surface area contributed by atoms with Crippen molar-refractivity contribution < 1.29 is 5.11 Å². The molecule has 0 radical (unpaired) electrons. The van der Waals surface area contributed by atoms with Gasteiger partial charge < -0.3 is 5.11 Å². The summed E-state index contributed by atoms with van der Waals surface area (Å²) in [7, 11) is 0. The summed E-state index contributed by atoms with van der Waals surface area (Å²) in [4.78, 5) is 13.2. The molecule has 0 bridgehead atoms. The summed E-state index contributed by atoms with van der Waals surface area (Å²) < 4.78 is 2.65. The Morgan fingerprint density at radius 1 is 0.800 bits per heavy atom. The number of aromatic nitrogens is 2. The number of hydrogen-bond donors (Lipinski definition) is 1. The third kappa shape index (κ3) is 3.68. The highest BCUT2D eigenvalue weighted by atomic mass is 35.5. The van der Waals surface area contributed by atoms with E-state index in [1.54, 1.807) is 72.8 Å². The van der Waals surface area contributed by atoms with E-state index >= 15 is 0 Å². The molecule has 3 aromatic carbocycles. The third-order valence-electron chi connectivity index (χ3n) is 4.34. The quantitative estimate of drug-likeness (QED) is 0.310. The highest BCUT2D eigenvalue weighted by Crippen LogP contribution is 2.31. The number of hydrogen-bond acceptors (Lipinski definition) is 5. The summed E-state index contributed by atoms with van der Waals surface area (Å²) in [6, 6.07) is 24.7. The van der Waals surface area contributed by atoms with Gasteiger partial charge in [-0.15, -0.1) is 5.11 Å². The molecule has 1 N–H and O–H groups in total. The Morgan fingerprint density at radius 3 is 2.07 bits per heavy atom. The molecule has 1 aromatic heterocycles. The van der Waals surface area contributed by atoms with Gasteiger partial charge in [0.25, 0.3) is 5.56 Å². The van der Waals surface area contributed by atoms with Crippen LogP contribution in [-0.2, 0) is 0 Å². The summed E-state index contributed by atoms with van der Waals surface area (Å²) in [6.07, 6.45) is 0. The predicted molar refractivity (Wildman–Crippen MR) is 119 cm³/mol. The minimum absolute atomic E-state index is 0.0514. The first-order chi connectivity index (χ1) is 14.6. The summed E-state index contributed by atoms with van der Waals surface area (Å²) >= 11 is 11.9. The molecular weight excluding hydrogens is 420 g/mol. The monoisotopic (exact) mass is 434 g/mol. The highest BCUT2D eigenvalue weighted by molar-refractivity contribution is 7.71. The van der Waals surface area contributed by atoms with Crippen LogP contribution in [0.2, 0.25) is 5.02 Å². The van der Waals surface area contributed by atoms with Gasteiger partial charge in [-0.3, -0.25) is 13.9 Å². The zero-order chi connectivity index (χ0) is 21.1. The highest BCUT2D eigenvalue weighted by Gasteiger charge is 2.20. The van der Waals surface area contributed by atoms with Gasteiger partial charge in [-0.1, -0.05) is 60.1 Å². The number of aromatic hydroxyl groups is 1. The van der Waals surface area contributed by atoms with Crippen molar-refractivity contribution >= 4 is 35.2 Å². The van der Waals surface area contributed by atoms with Gasteiger partial charge in [-0.2, -0.15) is 5.11 Å². The second-order valence-electron chi connectivity index (χ2n) is 6.25. The Bertz CT molecular complexity index is 1350. The second-order valence-corrected chi connectivity index (χ2v) is 7.03. The molecule has 0 aliphatic heterocycles. The van der Waals surface area contributed by atoms with E-state index in [9.17, 15) is 9.90 Å². The van der Waals surface area contributed by atoms with Crippen LogP contribution in [-0.4, -0.2) is 14.2 Å². The van der Waals surface area contributed by atoms with E-state index in [1.165, 1.54) is 9.13 Å². The normalized spacial score (nSPS) is 11.1. The molecule has 8 heteroatoms. The smallest absolute Gasteiger partial charge is 0.290 e. The van der Waals surface area contributed by atoms with Crippen molar-refractivity contribution in [3.05, 3.63) is 105 Å². The van der Waals surface area contributed by atoms with Crippen molar-refractivity contribution in [3.8, 4) is 17.3 Å². The molecule has 0 aliphatic carbocycles. The molecular formula is C22H15ClN4O2S. The first-order valence-electron chi connectivity index (χ1n) is 8.96. The lowest BCUT2D eigenvalue weighted by atomic mass is 10.3. The molecule has 6 nitrogen and oxygen atoms in total. The van der Waals surface area contributed by atoms with Crippen LogP contribution in [0.3, 0.4) is 0 Å². The van der Waals surface area contributed by atoms with Crippen LogP contribution < -0.4 is 5.56 Å². The molecule has 0 atom stereocenters. The fourth-order valence-electron chi connectivity index (χ4n) is 2.93. The third-order valence-corrected chi connectivity index (χ3v) is 5.03. The molecule has 0 aliphatic rings. The molecule has 0 saturated heterocycles. The minimum atomic E-state index is -0.591. The maximum Gasteiger partial charge on any atom is 0.290 e. The van der Waals surface area contributed by atoms with Crippen LogP contribution in [0.4, 0.5) is 11.4 Å². The van der Waals surface area contributed by atoms with E-state index in [-0.39, 0.29) is 10.5 Å². The van der Waals surface area contributed by atoms with Gasteiger partial charge in [-0.05, 0) is 48.6 Å². The molecule has 4 aromatic rings. The van der Waals surface area contributed by atoms with Crippen LogP contribution >= 0.6 is 23.8 Å². The number of para-hydroxylation sites is 2. The van der Waals surface area contributed by atoms with Crippen LogP contribution in [0.15, 0.2) is 100.0 Å². The van der Waals surface area contributed by atoms with E-state index in [1.807, 2.05) is 12.1 Å². The Morgan fingerprint density at radius 2 is 1.40 bits per heavy atom. The number of azo groups is 1. The maximum atomic E-state index is 13.2. The Kier molecular flexibility index (Phi) is 5.56. The SMILES string of the molecule is O=c1c(N=Nc2ccccc2)c(O)n(-c2ccccc2Cl)c(=S)n1-c1ccccc1. The zero-order valence-corrected chi connectivity index (χ0v) is 17.1. The fraction of sp³-hybridized carbons (Fsp3) is 0. The van der Waals surface area contributed by atoms with Crippen LogP contribution in [0.25, 0.3) is 11.4 Å². The van der Waals surface area contributed by atoms with Gasteiger partial charge in [0.05, 0.1) is 22.1 Å². The van der Waals surface area contributed by atoms with Gasteiger partial charge in [-0.25, -0.2) is 0 Å². The van der Waals surface area contributed by atoms with Gasteiger partial charge in [0.1, 0.15) is 0 Å². The molecule has 30 heavy (non-hydrogen) atoms. The lowest BCUT2D eigenvalue weighted by Gasteiger charge is -2.16. The standard InChI is InChI=1S/C22H15ClN4O2S/c23-17-13-7-8-14-18(17)27-21(29)19(25-24-15-9-3-1-4-10-15)20(28)26(22(27)30)16-11-5-2-6-12-16/h1-14,29H. The average Bonchev–Trinajstić information content (AvgIpc) is 2.76. The zero-order valence-electron chi connectivity index (χ0n) is 15.5.